The van der Waals surface area contributed by atoms with Crippen LogP contribution in [0.2, 0.25) is 0 Å². The molecule has 5 heterocycles. The molecule has 18 nitrogen and oxygen atoms in total. The zero-order valence-corrected chi connectivity index (χ0v) is 43.6. The molecule has 3 aliphatic heterocycles. The zero-order valence-electron chi connectivity index (χ0n) is 43.6. The van der Waals surface area contributed by atoms with E-state index >= 15 is 0 Å². The molecule has 2 aromatic heterocycles. The number of ether oxygens (including phenoxy) is 5. The molecule has 414 valence electrons. The average molecular weight is 1060 g/mol. The van der Waals surface area contributed by atoms with Gasteiger partial charge in [0.1, 0.15) is 0 Å². The molecule has 3 aliphatic carbocycles. The number of pyridine rings is 2. The third-order valence-electron chi connectivity index (χ3n) is 16.4. The third-order valence-corrected chi connectivity index (χ3v) is 16.4. The van der Waals surface area contributed by atoms with Crippen molar-refractivity contribution in [2.75, 3.05) is 73.4 Å². The Morgan fingerprint density at radius 2 is 1.65 bits per heavy atom. The Labute approximate surface area is 438 Å². The summed E-state index contributed by atoms with van der Waals surface area (Å²) >= 11 is 0. The molecule has 0 spiro atoms. The monoisotopic (exact) mass is 1050 g/mol. The molecule has 5 amide bonds. The van der Waals surface area contributed by atoms with Gasteiger partial charge in [-0.2, -0.15) is 13.2 Å². The molecule has 0 radical (unpaired) electrons. The smallest absolute Gasteiger partial charge is 0.379 e. The lowest BCUT2D eigenvalue weighted by Crippen LogP contribution is -2.52. The van der Waals surface area contributed by atoms with E-state index in [2.05, 4.69) is 31.2 Å². The summed E-state index contributed by atoms with van der Waals surface area (Å²) < 4.78 is 70.5. The molecule has 2 saturated heterocycles. The second kappa shape index (κ2) is 26.5. The van der Waals surface area contributed by atoms with Crippen molar-refractivity contribution in [3.63, 3.8) is 0 Å². The first-order chi connectivity index (χ1) is 36.2. The van der Waals surface area contributed by atoms with Crippen LogP contribution in [-0.4, -0.2) is 159 Å². The minimum atomic E-state index is -4.54. The van der Waals surface area contributed by atoms with E-state index in [-0.39, 0.29) is 111 Å². The predicted molar refractivity (Wildman–Crippen MR) is 267 cm³/mol. The van der Waals surface area contributed by atoms with Crippen LogP contribution < -0.4 is 21.3 Å². The molecular formula is C54H77F3N8O10. The highest BCUT2D eigenvalue weighted by Crippen LogP contribution is 2.43. The fourth-order valence-electron chi connectivity index (χ4n) is 12.1. The minimum Gasteiger partial charge on any atom is -0.379 e. The number of carbonyl (C=O) groups excluding carboxylic acids is 5. The summed E-state index contributed by atoms with van der Waals surface area (Å²) in [6, 6.07) is 4.52. The molecule has 6 atom stereocenters. The Balaban J connectivity index is 0.682. The van der Waals surface area contributed by atoms with Gasteiger partial charge in [0.25, 0.3) is 0 Å². The number of nitrogens with one attached hydrogen (secondary N) is 4. The van der Waals surface area contributed by atoms with Gasteiger partial charge in [-0.25, -0.2) is 0 Å². The first-order valence-electron chi connectivity index (χ1n) is 27.2. The fourth-order valence-corrected chi connectivity index (χ4v) is 12.1. The topological polar surface area (TPSA) is 212 Å². The summed E-state index contributed by atoms with van der Waals surface area (Å²) in [4.78, 5) is 77.6. The van der Waals surface area contributed by atoms with Crippen LogP contribution >= 0.6 is 0 Å². The van der Waals surface area contributed by atoms with Crippen LogP contribution in [0, 0.1) is 17.3 Å². The molecule has 8 rings (SSSR count). The van der Waals surface area contributed by atoms with Crippen LogP contribution in [0.5, 0.6) is 0 Å². The van der Waals surface area contributed by atoms with Gasteiger partial charge in [0.15, 0.2) is 0 Å². The summed E-state index contributed by atoms with van der Waals surface area (Å²) in [5, 5.41) is 12.8. The van der Waals surface area contributed by atoms with Gasteiger partial charge in [-0.15, -0.1) is 0 Å². The second-order valence-electron chi connectivity index (χ2n) is 21.5. The minimum absolute atomic E-state index is 0.00211. The number of carbonyl (C=O) groups is 5. The molecule has 6 aliphatic rings. The number of rotatable bonds is 22. The molecule has 75 heavy (non-hydrogen) atoms. The van der Waals surface area contributed by atoms with E-state index in [0.717, 1.165) is 56.4 Å². The van der Waals surface area contributed by atoms with Crippen molar-refractivity contribution in [2.45, 2.75) is 158 Å². The van der Waals surface area contributed by atoms with Crippen LogP contribution in [0.15, 0.2) is 36.8 Å². The van der Waals surface area contributed by atoms with Gasteiger partial charge in [0, 0.05) is 121 Å². The van der Waals surface area contributed by atoms with Gasteiger partial charge in [-0.1, -0.05) is 6.07 Å². The van der Waals surface area contributed by atoms with Crippen molar-refractivity contribution in [3.05, 3.63) is 59.2 Å². The highest BCUT2D eigenvalue weighted by Gasteiger charge is 2.49. The van der Waals surface area contributed by atoms with E-state index in [9.17, 15) is 37.1 Å². The maximum Gasteiger partial charge on any atom is 0.417 e. The molecule has 0 bridgehead atoms. The molecule has 0 aromatic carbocycles. The lowest BCUT2D eigenvalue weighted by atomic mass is 9.84. The van der Waals surface area contributed by atoms with E-state index in [1.54, 1.807) is 42.4 Å². The summed E-state index contributed by atoms with van der Waals surface area (Å²) in [6.45, 7) is 3.30. The molecule has 21 heteroatoms. The normalized spacial score (nSPS) is 29.2. The Bertz CT molecular complexity index is 2230. The van der Waals surface area contributed by atoms with Crippen LogP contribution in [0.25, 0.3) is 0 Å². The Hall–Kier alpha value is -4.80. The summed E-state index contributed by atoms with van der Waals surface area (Å²) in [5.74, 6) is -1.12. The summed E-state index contributed by atoms with van der Waals surface area (Å²) in [7, 11) is 3.38. The van der Waals surface area contributed by atoms with E-state index in [4.69, 9.17) is 23.7 Å². The van der Waals surface area contributed by atoms with Crippen LogP contribution in [0.4, 0.5) is 13.2 Å². The number of halogens is 3. The van der Waals surface area contributed by atoms with Crippen molar-refractivity contribution >= 4 is 29.5 Å². The Morgan fingerprint density at radius 1 is 0.907 bits per heavy atom. The van der Waals surface area contributed by atoms with Gasteiger partial charge in [0.2, 0.25) is 29.5 Å². The number of fused-ring (bicyclic) bond motifs is 1. The number of methoxy groups -OCH3 is 1. The number of aromatic nitrogens is 2. The van der Waals surface area contributed by atoms with E-state index in [0.29, 0.717) is 109 Å². The second-order valence-corrected chi connectivity index (χ2v) is 21.5. The van der Waals surface area contributed by atoms with Gasteiger partial charge in [0.05, 0.1) is 67.7 Å². The number of amides is 5. The predicted octanol–water partition coefficient (Wildman–Crippen LogP) is 4.58. The average Bonchev–Trinajstić information content (AvgIpc) is 3.98. The maximum atomic E-state index is 14.5. The van der Waals surface area contributed by atoms with Crippen molar-refractivity contribution in [1.82, 2.24) is 41.0 Å². The van der Waals surface area contributed by atoms with E-state index in [1.807, 2.05) is 6.07 Å². The van der Waals surface area contributed by atoms with Gasteiger partial charge >= 0.3 is 6.18 Å². The number of hydrogen-bond donors (Lipinski definition) is 4. The van der Waals surface area contributed by atoms with Crippen LogP contribution in [-0.2, 0) is 66.8 Å². The highest BCUT2D eigenvalue weighted by molar-refractivity contribution is 5.90. The quantitative estimate of drug-likeness (QED) is 0.119. The number of likely N-dealkylation sites (tertiary alicyclic amines) is 1. The maximum absolute atomic E-state index is 14.5. The first kappa shape index (κ1) is 56.4. The van der Waals surface area contributed by atoms with Crippen LogP contribution in [0.3, 0.4) is 0 Å². The largest absolute Gasteiger partial charge is 0.417 e. The van der Waals surface area contributed by atoms with Crippen molar-refractivity contribution in [2.24, 2.45) is 17.3 Å². The van der Waals surface area contributed by atoms with Crippen molar-refractivity contribution in [1.29, 1.82) is 0 Å². The van der Waals surface area contributed by atoms with Crippen molar-refractivity contribution in [3.8, 4) is 0 Å². The number of hydrogen-bond acceptors (Lipinski definition) is 13. The Kier molecular flexibility index (Phi) is 19.9. The first-order valence-corrected chi connectivity index (χ1v) is 27.2. The zero-order chi connectivity index (χ0) is 53.0. The van der Waals surface area contributed by atoms with Gasteiger partial charge < -0.3 is 54.8 Å². The molecule has 2 aromatic rings. The van der Waals surface area contributed by atoms with Crippen LogP contribution in [0.1, 0.15) is 125 Å². The number of alkyl halides is 3. The summed E-state index contributed by atoms with van der Waals surface area (Å²) in [5.41, 5.74) is 0.0857. The standard InChI is InChI=1S/C54H77F3N8O10/c1-64-48(67)28-43(49(64)36-5-3-19-58-30-36)51(69)60-21-26-75-42-13-11-41(12-14-42)74-23-4-6-47(66)63-39-9-7-35(8-10-39)50(68)59-20-25-73-34-53(18-15-40(29-53)62-45-17-24-72-33-46(45)71-2)52(70)65-22-16-44-37(32-65)27-38(31-61-44)54(55,56)57/h3,5,19,27,30-31,35,39-43,45-46,49,62H,4,6-18,20-26,28-29,32-34H2,1-2H3,(H,59,68)(H,60,69)(H,63,66)/t35-,39-,40-,41-,42-,43+,45+,46-,49-,53+/m1/s1. The summed E-state index contributed by atoms with van der Waals surface area (Å²) in [6.07, 6.45) is 9.92. The van der Waals surface area contributed by atoms with Gasteiger partial charge in [-0.05, 0) is 107 Å². The van der Waals surface area contributed by atoms with Gasteiger partial charge in [-0.3, -0.25) is 33.9 Å². The molecular weight excluding hydrogens is 978 g/mol. The third kappa shape index (κ3) is 15.0. The lowest BCUT2D eigenvalue weighted by molar-refractivity contribution is -0.147. The van der Waals surface area contributed by atoms with E-state index in [1.165, 1.54) is 0 Å². The lowest BCUT2D eigenvalue weighted by Gasteiger charge is -2.37. The highest BCUT2D eigenvalue weighted by atomic mass is 19.4. The molecule has 4 N–H and O–H groups in total. The molecule has 0 unspecified atom stereocenters. The number of nitrogens with zero attached hydrogens (tertiary/aromatic N) is 4. The molecule has 5 fully saturated rings. The molecule has 3 saturated carbocycles. The fraction of sp³-hybridized carbons (Fsp3) is 0.722. The Morgan fingerprint density at radius 3 is 2.39 bits per heavy atom. The van der Waals surface area contributed by atoms with E-state index < -0.39 is 23.1 Å². The van der Waals surface area contributed by atoms with Crippen molar-refractivity contribution < 1.29 is 60.8 Å². The SMILES string of the molecule is CO[C@@H]1COCC[C@@H]1N[C@@H]1CC[C@](COCCNC(=O)[C@H]2CC[C@H](NC(=O)CCCO[C@H]3CC[C@H](OCCNC(=O)[C@H]4CC(=O)N(C)[C@@H]4c4cccnc4)CC3)CC2)(C(=O)N2CCc3ncc(C(F)(F)F)cc3C2)C1.